The SMILES string of the molecule is CP1C(c2ccccc2)N2C(=O)CCC(=O)N2C1c1ccccc1. The van der Waals surface area contributed by atoms with Gasteiger partial charge in [-0.25, -0.2) is 10.0 Å². The van der Waals surface area contributed by atoms with Gasteiger partial charge >= 0.3 is 0 Å². The first-order valence-electron chi connectivity index (χ1n) is 8.14. The van der Waals surface area contributed by atoms with Crippen LogP contribution in [-0.4, -0.2) is 28.5 Å². The van der Waals surface area contributed by atoms with Crippen LogP contribution < -0.4 is 0 Å². The van der Waals surface area contributed by atoms with E-state index in [1.807, 2.05) is 36.4 Å². The Morgan fingerprint density at radius 2 is 1.12 bits per heavy atom. The minimum Gasteiger partial charge on any atom is -0.273 e. The molecule has 0 aromatic heterocycles. The number of hydrogen-bond acceptors (Lipinski definition) is 2. The third-order valence-corrected chi connectivity index (χ3v) is 7.30. The number of rotatable bonds is 2. The monoisotopic (exact) mass is 338 g/mol. The van der Waals surface area contributed by atoms with E-state index in [1.54, 1.807) is 10.0 Å². The first-order chi connectivity index (χ1) is 11.7. The topological polar surface area (TPSA) is 40.6 Å². The third-order valence-electron chi connectivity index (χ3n) is 4.73. The number of amides is 2. The number of nitrogens with zero attached hydrogens (tertiary/aromatic N) is 2. The highest BCUT2D eigenvalue weighted by molar-refractivity contribution is 7.57. The molecule has 2 saturated heterocycles. The van der Waals surface area contributed by atoms with Crippen molar-refractivity contribution in [2.75, 3.05) is 6.66 Å². The highest BCUT2D eigenvalue weighted by Gasteiger charge is 2.52. The van der Waals surface area contributed by atoms with E-state index in [1.165, 1.54) is 0 Å². The molecule has 2 amide bonds. The molecular weight excluding hydrogens is 319 g/mol. The van der Waals surface area contributed by atoms with Crippen LogP contribution in [0.15, 0.2) is 60.7 Å². The van der Waals surface area contributed by atoms with Crippen molar-refractivity contribution in [2.24, 2.45) is 0 Å². The summed E-state index contributed by atoms with van der Waals surface area (Å²) < 4.78 is 0. The molecule has 0 saturated carbocycles. The maximum Gasteiger partial charge on any atom is 0.242 e. The smallest absolute Gasteiger partial charge is 0.242 e. The molecule has 4 rings (SSSR count). The van der Waals surface area contributed by atoms with E-state index in [-0.39, 0.29) is 23.4 Å². The largest absolute Gasteiger partial charge is 0.273 e. The van der Waals surface area contributed by atoms with Crippen LogP contribution in [0.4, 0.5) is 0 Å². The normalized spacial score (nSPS) is 26.6. The van der Waals surface area contributed by atoms with Crippen molar-refractivity contribution in [1.82, 2.24) is 10.0 Å². The lowest BCUT2D eigenvalue weighted by molar-refractivity contribution is -0.171. The summed E-state index contributed by atoms with van der Waals surface area (Å²) in [5.41, 5.74) is 2.22. The van der Waals surface area contributed by atoms with Gasteiger partial charge in [-0.15, -0.1) is 0 Å². The Kier molecular flexibility index (Phi) is 3.85. The Morgan fingerprint density at radius 1 is 0.750 bits per heavy atom. The van der Waals surface area contributed by atoms with Crippen LogP contribution in [0.2, 0.25) is 0 Å². The summed E-state index contributed by atoms with van der Waals surface area (Å²) in [4.78, 5) is 25.3. The zero-order valence-corrected chi connectivity index (χ0v) is 14.4. The molecule has 2 aromatic carbocycles. The Balaban J connectivity index is 1.84. The highest BCUT2D eigenvalue weighted by atomic mass is 31.1. The van der Waals surface area contributed by atoms with Crippen LogP contribution >= 0.6 is 7.92 Å². The molecule has 0 bridgehead atoms. The van der Waals surface area contributed by atoms with E-state index in [0.29, 0.717) is 12.8 Å². The fourth-order valence-electron chi connectivity index (χ4n) is 3.67. The second kappa shape index (κ2) is 6.03. The Hall–Kier alpha value is -2.19. The standard InChI is InChI=1S/C19H19N2O2P/c1-24-18(14-8-4-2-5-9-14)20-16(22)12-13-17(23)21(20)19(24)15-10-6-3-7-11-15/h2-11,18-19H,12-13H2,1H3. The lowest BCUT2D eigenvalue weighted by Gasteiger charge is -2.37. The molecule has 2 atom stereocenters. The Labute approximate surface area is 142 Å². The molecule has 2 unspecified atom stereocenters. The van der Waals surface area contributed by atoms with Crippen molar-refractivity contribution in [3.05, 3.63) is 71.8 Å². The summed E-state index contributed by atoms with van der Waals surface area (Å²) in [5.74, 6) is 0.0266. The van der Waals surface area contributed by atoms with Gasteiger partial charge in [0.25, 0.3) is 0 Å². The van der Waals surface area contributed by atoms with Crippen molar-refractivity contribution in [3.8, 4) is 0 Å². The maximum absolute atomic E-state index is 12.7. The second-order valence-electron chi connectivity index (χ2n) is 6.21. The minimum absolute atomic E-state index is 0.0387. The molecule has 2 aliphatic heterocycles. The van der Waals surface area contributed by atoms with E-state index < -0.39 is 7.92 Å². The van der Waals surface area contributed by atoms with Crippen LogP contribution in [0.1, 0.15) is 35.5 Å². The first-order valence-corrected chi connectivity index (χ1v) is 10.1. The minimum atomic E-state index is -0.638. The molecule has 0 spiro atoms. The van der Waals surface area contributed by atoms with E-state index in [0.717, 1.165) is 11.1 Å². The van der Waals surface area contributed by atoms with Gasteiger partial charge in [0.15, 0.2) is 0 Å². The quantitative estimate of drug-likeness (QED) is 0.780. The van der Waals surface area contributed by atoms with Gasteiger partial charge in [-0.1, -0.05) is 60.7 Å². The van der Waals surface area contributed by atoms with Gasteiger partial charge in [-0.3, -0.25) is 9.59 Å². The van der Waals surface area contributed by atoms with Gasteiger partial charge in [0.05, 0.1) is 11.6 Å². The molecule has 0 radical (unpaired) electrons. The molecular formula is C19H19N2O2P. The molecule has 2 heterocycles. The molecule has 5 heteroatoms. The summed E-state index contributed by atoms with van der Waals surface area (Å²) in [6.45, 7) is 2.20. The molecule has 0 aliphatic carbocycles. The van der Waals surface area contributed by atoms with Crippen LogP contribution in [0.25, 0.3) is 0 Å². The molecule has 2 aliphatic rings. The van der Waals surface area contributed by atoms with Crippen LogP contribution in [0.5, 0.6) is 0 Å². The predicted octanol–water partition coefficient (Wildman–Crippen LogP) is 3.88. The Morgan fingerprint density at radius 3 is 1.50 bits per heavy atom. The number of carbonyl (C=O) groups is 2. The molecule has 122 valence electrons. The van der Waals surface area contributed by atoms with Gasteiger partial charge in [0.1, 0.15) is 0 Å². The fourth-order valence-corrected chi connectivity index (χ4v) is 6.40. The second-order valence-corrected chi connectivity index (χ2v) is 8.52. The molecule has 0 N–H and O–H groups in total. The summed E-state index contributed by atoms with van der Waals surface area (Å²) in [7, 11) is -0.638. The van der Waals surface area contributed by atoms with Crippen LogP contribution in [-0.2, 0) is 9.59 Å². The van der Waals surface area contributed by atoms with E-state index in [9.17, 15) is 9.59 Å². The van der Waals surface area contributed by atoms with Crippen molar-refractivity contribution in [1.29, 1.82) is 0 Å². The van der Waals surface area contributed by atoms with Crippen molar-refractivity contribution in [2.45, 2.75) is 24.4 Å². The summed E-state index contributed by atoms with van der Waals surface area (Å²) in [6.07, 6.45) is 0.618. The van der Waals surface area contributed by atoms with Crippen molar-refractivity contribution < 1.29 is 9.59 Å². The van der Waals surface area contributed by atoms with Crippen molar-refractivity contribution in [3.63, 3.8) is 0 Å². The summed E-state index contributed by atoms with van der Waals surface area (Å²) in [5, 5.41) is 3.48. The molecule has 2 aromatic rings. The van der Waals surface area contributed by atoms with Crippen LogP contribution in [0, 0.1) is 0 Å². The number of benzene rings is 2. The van der Waals surface area contributed by atoms with Gasteiger partial charge in [0.2, 0.25) is 11.8 Å². The molecule has 4 nitrogen and oxygen atoms in total. The van der Waals surface area contributed by atoms with Gasteiger partial charge < -0.3 is 0 Å². The maximum atomic E-state index is 12.7. The highest BCUT2D eigenvalue weighted by Crippen LogP contribution is 2.68. The lowest BCUT2D eigenvalue weighted by atomic mass is 10.1. The number of hydrazine groups is 1. The van der Waals surface area contributed by atoms with E-state index in [4.69, 9.17) is 0 Å². The Bertz CT molecular complexity index is 700. The van der Waals surface area contributed by atoms with Crippen LogP contribution in [0.3, 0.4) is 0 Å². The average Bonchev–Trinajstić information content (AvgIpc) is 2.94. The molecule has 2 fully saturated rings. The first kappa shape index (κ1) is 15.3. The zero-order valence-electron chi connectivity index (χ0n) is 13.5. The van der Waals surface area contributed by atoms with Gasteiger partial charge in [-0.2, -0.15) is 0 Å². The van der Waals surface area contributed by atoms with Gasteiger partial charge in [-0.05, 0) is 25.7 Å². The number of hydrogen-bond donors (Lipinski definition) is 0. The number of carbonyl (C=O) groups excluding carboxylic acids is 2. The summed E-state index contributed by atoms with van der Waals surface area (Å²) in [6, 6.07) is 20.2. The lowest BCUT2D eigenvalue weighted by Crippen LogP contribution is -2.50. The van der Waals surface area contributed by atoms with E-state index >= 15 is 0 Å². The summed E-state index contributed by atoms with van der Waals surface area (Å²) >= 11 is 0. The number of fused-ring (bicyclic) bond motifs is 1. The van der Waals surface area contributed by atoms with Gasteiger partial charge in [0, 0.05) is 12.8 Å². The third kappa shape index (κ3) is 2.33. The van der Waals surface area contributed by atoms with E-state index in [2.05, 4.69) is 30.9 Å². The zero-order chi connectivity index (χ0) is 16.7. The molecule has 24 heavy (non-hydrogen) atoms. The predicted molar refractivity (Wildman–Crippen MR) is 94.1 cm³/mol. The fraction of sp³-hybridized carbons (Fsp3) is 0.263. The van der Waals surface area contributed by atoms with Crippen molar-refractivity contribution >= 4 is 19.7 Å². The average molecular weight is 338 g/mol.